The van der Waals surface area contributed by atoms with Crippen molar-refractivity contribution in [2.45, 2.75) is 148 Å². The average Bonchev–Trinajstić information content (AvgIpc) is 3.18. The van der Waals surface area contributed by atoms with Gasteiger partial charge in [0.25, 0.3) is 0 Å². The van der Waals surface area contributed by atoms with E-state index in [1.54, 1.807) is 0 Å². The minimum absolute atomic E-state index is 0.0338. The SMILES string of the molecule is CC1OC(CC(C(O)CO)C(O)C(O)C=O)C(O)C(O)C1NC1C=C(CO)C(CC2OC(CO)C(CC3OC(CO)C(O)C(O)C3O)C(O)C2O)C(O)C1O. The summed E-state index contributed by atoms with van der Waals surface area (Å²) in [5.41, 5.74) is 0.158. The van der Waals surface area contributed by atoms with Gasteiger partial charge in [-0.05, 0) is 31.8 Å². The van der Waals surface area contributed by atoms with E-state index >= 15 is 0 Å². The van der Waals surface area contributed by atoms with Crippen LogP contribution >= 0.6 is 0 Å². The first-order valence-electron chi connectivity index (χ1n) is 18.4. The van der Waals surface area contributed by atoms with Gasteiger partial charge in [0.15, 0.2) is 6.29 Å². The fourth-order valence-corrected chi connectivity index (χ4v) is 8.45. The topological polar surface area (TPSA) is 380 Å². The van der Waals surface area contributed by atoms with Gasteiger partial charge in [0.05, 0.1) is 99.6 Å². The Balaban J connectivity index is 1.44. The monoisotopic (exact) mass is 801 g/mol. The number of aliphatic hydroxyl groups excluding tert-OH is 16. The third kappa shape index (κ3) is 9.91. The highest BCUT2D eigenvalue weighted by molar-refractivity contribution is 5.56. The van der Waals surface area contributed by atoms with E-state index in [2.05, 4.69) is 5.32 Å². The number of hydrogen-bond donors (Lipinski definition) is 17. The highest BCUT2D eigenvalue weighted by Crippen LogP contribution is 2.39. The van der Waals surface area contributed by atoms with Crippen LogP contribution in [0.5, 0.6) is 0 Å². The Kier molecular flexibility index (Phi) is 16.9. The number of aldehydes is 1. The van der Waals surface area contributed by atoms with Crippen LogP contribution in [0.15, 0.2) is 11.6 Å². The molecule has 0 saturated carbocycles. The Morgan fingerprint density at radius 3 is 1.82 bits per heavy atom. The van der Waals surface area contributed by atoms with E-state index in [0.29, 0.717) is 0 Å². The summed E-state index contributed by atoms with van der Waals surface area (Å²) in [7, 11) is 0. The van der Waals surface area contributed by atoms with Crippen LogP contribution in [0.1, 0.15) is 26.2 Å². The van der Waals surface area contributed by atoms with Gasteiger partial charge < -0.3 is 106 Å². The van der Waals surface area contributed by atoms with Crippen LogP contribution < -0.4 is 5.32 Å². The summed E-state index contributed by atoms with van der Waals surface area (Å²) in [6, 6.07) is -2.28. The quantitative estimate of drug-likeness (QED) is 0.0509. The van der Waals surface area contributed by atoms with Gasteiger partial charge in [0, 0.05) is 17.8 Å². The molecule has 3 fully saturated rings. The Hall–Kier alpha value is -1.39. The molecule has 0 aromatic carbocycles. The molecule has 0 aromatic heterocycles. The number of nitrogens with one attached hydrogen (secondary N) is 1. The highest BCUT2D eigenvalue weighted by Gasteiger charge is 2.52. The number of rotatable bonds is 16. The Bertz CT molecular complexity index is 1230. The molecule has 1 aliphatic carbocycles. The molecule has 4 aliphatic rings. The molecule has 21 heteroatoms. The molecule has 21 nitrogen and oxygen atoms in total. The molecule has 0 amide bonds. The molecule has 3 aliphatic heterocycles. The second-order valence-corrected chi connectivity index (χ2v) is 15.2. The van der Waals surface area contributed by atoms with Gasteiger partial charge in [-0.1, -0.05) is 6.08 Å². The molecule has 3 saturated heterocycles. The molecule has 23 atom stereocenters. The number of aliphatic hydroxyl groups is 16. The predicted octanol–water partition coefficient (Wildman–Crippen LogP) is -8.91. The van der Waals surface area contributed by atoms with Gasteiger partial charge >= 0.3 is 0 Å². The number of carbonyl (C=O) groups excluding carboxylic acids is 1. The first-order valence-corrected chi connectivity index (χ1v) is 18.4. The van der Waals surface area contributed by atoms with Gasteiger partial charge in [-0.15, -0.1) is 0 Å². The van der Waals surface area contributed by atoms with Gasteiger partial charge in [-0.3, -0.25) is 0 Å². The second kappa shape index (κ2) is 20.0. The first kappa shape index (κ1) is 46.3. The minimum Gasteiger partial charge on any atom is -0.394 e. The second-order valence-electron chi connectivity index (χ2n) is 15.2. The Morgan fingerprint density at radius 2 is 1.24 bits per heavy atom. The molecule has 0 bridgehead atoms. The molecule has 4 rings (SSSR count). The molecule has 17 N–H and O–H groups in total. The third-order valence-corrected chi connectivity index (χ3v) is 11.8. The molecular weight excluding hydrogens is 742 g/mol. The maximum Gasteiger partial charge on any atom is 0.151 e. The molecule has 0 spiro atoms. The van der Waals surface area contributed by atoms with E-state index < -0.39 is 173 Å². The third-order valence-electron chi connectivity index (χ3n) is 11.8. The molecule has 55 heavy (non-hydrogen) atoms. The number of carbonyl (C=O) groups is 1. The van der Waals surface area contributed by atoms with Crippen molar-refractivity contribution in [2.24, 2.45) is 17.8 Å². The van der Waals surface area contributed by atoms with E-state index in [0.717, 1.165) is 0 Å². The van der Waals surface area contributed by atoms with Crippen LogP contribution in [0.25, 0.3) is 0 Å². The van der Waals surface area contributed by atoms with Crippen molar-refractivity contribution in [1.82, 2.24) is 5.32 Å². The molecule has 0 radical (unpaired) electrons. The van der Waals surface area contributed by atoms with Crippen LogP contribution in [-0.2, 0) is 19.0 Å². The summed E-state index contributed by atoms with van der Waals surface area (Å²) in [5, 5.41) is 170. The molecule has 0 aromatic rings. The van der Waals surface area contributed by atoms with Crippen molar-refractivity contribution < 1.29 is 101 Å². The summed E-state index contributed by atoms with van der Waals surface area (Å²) >= 11 is 0. The molecule has 3 heterocycles. The van der Waals surface area contributed by atoms with Crippen molar-refractivity contribution in [1.29, 1.82) is 0 Å². The van der Waals surface area contributed by atoms with Crippen molar-refractivity contribution in [3.63, 3.8) is 0 Å². The van der Waals surface area contributed by atoms with Crippen LogP contribution in [0.2, 0.25) is 0 Å². The van der Waals surface area contributed by atoms with E-state index in [4.69, 9.17) is 14.2 Å². The lowest BCUT2D eigenvalue weighted by molar-refractivity contribution is -0.253. The van der Waals surface area contributed by atoms with Crippen molar-refractivity contribution >= 4 is 6.29 Å². The van der Waals surface area contributed by atoms with Gasteiger partial charge in [0.1, 0.15) is 48.8 Å². The minimum atomic E-state index is -1.92. The summed E-state index contributed by atoms with van der Waals surface area (Å²) < 4.78 is 17.3. The molecular formula is C34H59NO20. The van der Waals surface area contributed by atoms with E-state index in [9.17, 15) is 86.5 Å². The predicted molar refractivity (Wildman–Crippen MR) is 181 cm³/mol. The fourth-order valence-electron chi connectivity index (χ4n) is 8.45. The van der Waals surface area contributed by atoms with Crippen LogP contribution in [0.4, 0.5) is 0 Å². The summed E-state index contributed by atoms with van der Waals surface area (Å²) in [5.74, 6) is -3.51. The zero-order valence-electron chi connectivity index (χ0n) is 30.2. The smallest absolute Gasteiger partial charge is 0.151 e. The maximum absolute atomic E-state index is 11.3. The summed E-state index contributed by atoms with van der Waals surface area (Å²) in [6.45, 7) is -1.40. The van der Waals surface area contributed by atoms with E-state index in [-0.39, 0.29) is 24.7 Å². The summed E-state index contributed by atoms with van der Waals surface area (Å²) in [4.78, 5) is 11.0. The van der Waals surface area contributed by atoms with Gasteiger partial charge in [-0.2, -0.15) is 0 Å². The molecule has 320 valence electrons. The van der Waals surface area contributed by atoms with Crippen LogP contribution in [-0.4, -0.2) is 236 Å². The largest absolute Gasteiger partial charge is 0.394 e. The van der Waals surface area contributed by atoms with Gasteiger partial charge in [-0.25, -0.2) is 0 Å². The van der Waals surface area contributed by atoms with E-state index in [1.165, 1.54) is 13.0 Å². The zero-order valence-corrected chi connectivity index (χ0v) is 30.2. The molecule has 23 unspecified atom stereocenters. The van der Waals surface area contributed by atoms with Crippen LogP contribution in [0.3, 0.4) is 0 Å². The standard InChI is InChI=1S/C34H59NO20/c1-11-24(33(51)30(48)19(53-11)4-14(17(41)7-37)25(43)18(42)8-38)35-16-2-12(6-36)13(26(44)28(16)46)3-20-29(47)27(45)15(22(9-39)54-20)5-21-31(49)34(52)32(50)23(10-40)55-21/h2,8,11,13-37,39-52H,3-7,9-10H2,1H3. The number of ether oxygens (including phenoxy) is 3. The van der Waals surface area contributed by atoms with Crippen LogP contribution in [0, 0.1) is 17.8 Å². The van der Waals surface area contributed by atoms with Crippen molar-refractivity contribution in [3.8, 4) is 0 Å². The van der Waals surface area contributed by atoms with Crippen molar-refractivity contribution in [3.05, 3.63) is 11.6 Å². The normalized spacial score (nSPS) is 46.3. The zero-order chi connectivity index (χ0) is 41.0. The maximum atomic E-state index is 11.3. The van der Waals surface area contributed by atoms with Gasteiger partial charge in [0.2, 0.25) is 0 Å². The van der Waals surface area contributed by atoms with E-state index in [1.807, 2.05) is 0 Å². The lowest BCUT2D eigenvalue weighted by Gasteiger charge is -2.48. The fraction of sp³-hybridized carbons (Fsp3) is 0.912. The Morgan fingerprint density at radius 1 is 0.673 bits per heavy atom. The number of hydrogen-bond acceptors (Lipinski definition) is 21. The Labute approximate surface area is 316 Å². The summed E-state index contributed by atoms with van der Waals surface area (Å²) in [6.07, 6.45) is -26.9. The first-order chi connectivity index (χ1) is 25.9. The average molecular weight is 802 g/mol. The lowest BCUT2D eigenvalue weighted by atomic mass is 9.74. The lowest BCUT2D eigenvalue weighted by Crippen LogP contribution is -2.66. The van der Waals surface area contributed by atoms with Crippen molar-refractivity contribution in [2.75, 3.05) is 26.4 Å². The highest BCUT2D eigenvalue weighted by atomic mass is 16.6.